The van der Waals surface area contributed by atoms with Gasteiger partial charge in [-0.1, -0.05) is 20.3 Å². The fourth-order valence-electron chi connectivity index (χ4n) is 8.69. The monoisotopic (exact) mass is 1120 g/mol. The summed E-state index contributed by atoms with van der Waals surface area (Å²) >= 11 is 0. The topological polar surface area (TPSA) is 430 Å². The summed E-state index contributed by atoms with van der Waals surface area (Å²) in [6.07, 6.45) is -30.3. The first-order valence-corrected chi connectivity index (χ1v) is 24.8. The van der Waals surface area contributed by atoms with Gasteiger partial charge >= 0.3 is 16.5 Å². The molecule has 0 saturated heterocycles. The van der Waals surface area contributed by atoms with Crippen molar-refractivity contribution in [3.05, 3.63) is 99.3 Å². The average molecular weight is 1120 g/mol. The van der Waals surface area contributed by atoms with E-state index in [9.17, 15) is 108 Å². The molecular weight excluding hydrogens is 1030 g/mol. The second-order valence-electron chi connectivity index (χ2n) is 18.3. The molecule has 434 valence electrons. The van der Waals surface area contributed by atoms with Gasteiger partial charge in [0.2, 0.25) is 11.4 Å². The molecule has 3 rings (SSSR count). The third kappa shape index (κ3) is 18.7. The fourth-order valence-corrected chi connectivity index (χ4v) is 8.69. The van der Waals surface area contributed by atoms with E-state index in [2.05, 4.69) is 13.8 Å². The smallest absolute Gasteiger partial charge is 0.493 e. The Bertz CT molecular complexity index is 1980. The van der Waals surface area contributed by atoms with Crippen LogP contribution in [0.25, 0.3) is 16.9 Å². The number of aliphatic hydroxyl groups excluding tert-OH is 20. The maximum Gasteiger partial charge on any atom is 2.00 e. The van der Waals surface area contributed by atoms with Crippen LogP contribution in [0.5, 0.6) is 0 Å². The first-order chi connectivity index (χ1) is 34.9. The number of allylic oxidation sites excluding steroid dienone is 2. The van der Waals surface area contributed by atoms with Crippen LogP contribution in [-0.4, -0.2) is 231 Å². The Kier molecular flexibility index (Phi) is 33.7. The molecule has 20 N–H and O–H groups in total. The van der Waals surface area contributed by atoms with Crippen molar-refractivity contribution in [2.24, 2.45) is 0 Å². The number of benzene rings is 2. The molecule has 16 atom stereocenters. The molecule has 0 amide bonds. The Morgan fingerprint density at radius 1 is 0.413 bits per heavy atom. The largest absolute Gasteiger partial charge is 2.00 e. The maximum absolute atomic E-state index is 12.6. The predicted molar refractivity (Wildman–Crippen MR) is 271 cm³/mol. The molecule has 23 heteroatoms. The standard InChI is InChI=1S/C48H76N2O20.2C2H5.Ni/c1-5-7-8-30-29(6-2)39(27-9-23(13-31(55)41(63)45(67)35(59)17-51)21(3)24(10-27)14-32(56)42(64)46(68)36(60)18-52)50(49)40(30)28-11-25(15-33(57)43(65)47(69)37(61)19-53)22(4)26(12-28)16-34(58)44(66)48(70)38(62)20-54;2*1-2;/h9-12,31-38,41-48,51-70H,5-8,13-20H2,1-4H3;2*1H2,2H3;/q;2*-1;+2. The minimum absolute atomic E-state index is 0. The molecule has 0 saturated carbocycles. The molecule has 75 heavy (non-hydrogen) atoms. The number of hydrogen-bond donors (Lipinski definition) is 20. The van der Waals surface area contributed by atoms with Gasteiger partial charge in [-0.15, -0.1) is 0 Å². The van der Waals surface area contributed by atoms with E-state index in [0.29, 0.717) is 41.5 Å². The number of hydrogen-bond acceptors (Lipinski definition) is 20. The Labute approximate surface area is 449 Å². The third-order valence-corrected chi connectivity index (χ3v) is 13.3. The molecule has 2 aromatic rings. The zero-order chi connectivity index (χ0) is 57.1. The maximum atomic E-state index is 12.6. The van der Waals surface area contributed by atoms with Crippen molar-refractivity contribution in [1.82, 2.24) is 0 Å². The summed E-state index contributed by atoms with van der Waals surface area (Å²) in [4.78, 5) is 0. The van der Waals surface area contributed by atoms with Gasteiger partial charge in [0, 0.05) is 48.0 Å². The number of unbranched alkanes of at least 4 members (excludes halogenated alkanes) is 1. The zero-order valence-corrected chi connectivity index (χ0v) is 44.6. The van der Waals surface area contributed by atoms with E-state index in [4.69, 9.17) is 0 Å². The number of rotatable bonds is 30. The minimum atomic E-state index is -1.99. The van der Waals surface area contributed by atoms with Crippen molar-refractivity contribution in [3.63, 3.8) is 0 Å². The van der Waals surface area contributed by atoms with Gasteiger partial charge in [-0.3, -0.25) is 0 Å². The van der Waals surface area contributed by atoms with Crippen molar-refractivity contribution >= 4 is 11.4 Å². The van der Waals surface area contributed by atoms with E-state index in [1.165, 1.54) is 0 Å². The molecule has 0 spiro atoms. The molecule has 1 aliphatic rings. The van der Waals surface area contributed by atoms with Crippen LogP contribution in [0.1, 0.15) is 97.9 Å². The van der Waals surface area contributed by atoms with Crippen molar-refractivity contribution in [3.8, 4) is 0 Å². The van der Waals surface area contributed by atoms with E-state index in [-0.39, 0.29) is 67.7 Å². The van der Waals surface area contributed by atoms with Gasteiger partial charge in [-0.25, -0.2) is 4.70 Å². The van der Waals surface area contributed by atoms with Crippen LogP contribution < -0.4 is 0 Å². The summed E-state index contributed by atoms with van der Waals surface area (Å²) in [5.74, 6) is 0. The van der Waals surface area contributed by atoms with Crippen LogP contribution >= 0.6 is 0 Å². The SMILES string of the molecule is CCCCC1=C(c2cc(CC(O)C(O)C(O)C(O)CO)c(C)c(CC(O)C(O)C(O)C(O)CO)c2)[N+](=[N-])C(c2cc(CC(O)C(O)C(O)C(O)CO)c(C)c(CC(O)C(O)C(O)C(O)CO)c2)=C1CC.[CH2-]C.[CH2-]C.[Ni+2]. The molecule has 0 radical (unpaired) electrons. The van der Waals surface area contributed by atoms with Crippen LogP contribution in [0.4, 0.5) is 0 Å². The fraction of sp³-hybridized carbons (Fsp3) is 0.654. The molecular formula is C52H86N2NiO20. The molecule has 0 aliphatic carbocycles. The van der Waals surface area contributed by atoms with E-state index in [0.717, 1.165) is 4.70 Å². The van der Waals surface area contributed by atoms with Gasteiger partial charge in [0.05, 0.1) is 50.8 Å². The molecule has 22 nitrogen and oxygen atoms in total. The van der Waals surface area contributed by atoms with Crippen LogP contribution in [0, 0.1) is 27.7 Å². The van der Waals surface area contributed by atoms with E-state index in [1.807, 2.05) is 6.92 Å². The van der Waals surface area contributed by atoms with E-state index < -0.39 is 150 Å². The quantitative estimate of drug-likeness (QED) is 0.0207. The van der Waals surface area contributed by atoms with Gasteiger partial charge in [0.25, 0.3) is 0 Å². The normalized spacial score (nSPS) is 19.3. The molecule has 0 aromatic heterocycles. The van der Waals surface area contributed by atoms with Crippen molar-refractivity contribution in [2.45, 2.75) is 191 Å². The second-order valence-corrected chi connectivity index (χ2v) is 18.3. The summed E-state index contributed by atoms with van der Waals surface area (Å²) in [5, 5.41) is 207. The predicted octanol–water partition coefficient (Wildman–Crippen LogP) is -3.33. The number of aliphatic hydroxyl groups is 20. The van der Waals surface area contributed by atoms with Gasteiger partial charge in [-0.05, 0) is 90.8 Å². The van der Waals surface area contributed by atoms with Crippen molar-refractivity contribution < 1.29 is 123 Å². The van der Waals surface area contributed by atoms with Crippen molar-refractivity contribution in [2.75, 3.05) is 26.4 Å². The first kappa shape index (κ1) is 72.2. The number of nitrogens with zero attached hydrogens (tertiary/aromatic N) is 2. The van der Waals surface area contributed by atoms with Gasteiger partial charge in [0.15, 0.2) is 0 Å². The average Bonchev–Trinajstić information content (AvgIpc) is 3.70. The van der Waals surface area contributed by atoms with E-state index >= 15 is 0 Å². The minimum Gasteiger partial charge on any atom is -0.493 e. The van der Waals surface area contributed by atoms with Gasteiger partial charge < -0.3 is 122 Å². The van der Waals surface area contributed by atoms with Gasteiger partial charge in [-0.2, -0.15) is 13.8 Å². The Hall–Kier alpha value is -2.79. The summed E-state index contributed by atoms with van der Waals surface area (Å²) in [6, 6.07) is 6.20. The molecule has 2 aromatic carbocycles. The molecule has 1 heterocycles. The Balaban J connectivity index is 0.0000107. The van der Waals surface area contributed by atoms with Crippen LogP contribution in [0.3, 0.4) is 0 Å². The Morgan fingerprint density at radius 3 is 0.853 bits per heavy atom. The summed E-state index contributed by atoms with van der Waals surface area (Å²) in [6.45, 7) is 13.1. The van der Waals surface area contributed by atoms with Crippen molar-refractivity contribution in [1.29, 1.82) is 0 Å². The van der Waals surface area contributed by atoms with Crippen LogP contribution in [-0.2, 0) is 42.2 Å². The summed E-state index contributed by atoms with van der Waals surface area (Å²) < 4.78 is 0.860. The van der Waals surface area contributed by atoms with E-state index in [1.54, 1.807) is 58.9 Å². The molecule has 0 bridgehead atoms. The van der Waals surface area contributed by atoms with Crippen LogP contribution in [0.15, 0.2) is 35.4 Å². The summed E-state index contributed by atoms with van der Waals surface area (Å²) in [7, 11) is 0. The summed E-state index contributed by atoms with van der Waals surface area (Å²) in [5.41, 5.74) is 16.2. The third-order valence-electron chi connectivity index (χ3n) is 13.3. The van der Waals surface area contributed by atoms with Crippen LogP contribution in [0.2, 0.25) is 0 Å². The Morgan fingerprint density at radius 2 is 0.640 bits per heavy atom. The first-order valence-electron chi connectivity index (χ1n) is 24.8. The molecule has 1 aliphatic heterocycles. The molecule has 16 unspecified atom stereocenters. The zero-order valence-electron chi connectivity index (χ0n) is 43.6. The van der Waals surface area contributed by atoms with Gasteiger partial charge in [0.1, 0.15) is 73.2 Å². The molecule has 0 fully saturated rings. The second kappa shape index (κ2) is 35.0.